The number of ether oxygens (including phenoxy) is 1. The molecule has 1 aromatic rings. The molecular formula is C17H24ClN3O4. The molecule has 0 aromatic heterocycles. The van der Waals surface area contributed by atoms with Crippen molar-refractivity contribution in [2.75, 3.05) is 18.0 Å². The number of nitrogens with one attached hydrogen (secondary N) is 1. The monoisotopic (exact) mass is 369 g/mol. The van der Waals surface area contributed by atoms with E-state index in [1.165, 1.54) is 6.07 Å². The zero-order chi connectivity index (χ0) is 18.8. The standard InChI is InChI=1S/C17H24ClN3O4/c1-11(19-16(22)25-17(2,3)4)12-7-8-20(10-12)14-6-5-13(18)9-15(14)21(23)24/h5-6,9,11-12H,7-8,10H2,1-4H3,(H,19,22)/t11-,12+/m0/s1. The Kier molecular flexibility index (Phi) is 5.77. The predicted molar refractivity (Wildman–Crippen MR) is 97.3 cm³/mol. The number of rotatable bonds is 4. The SMILES string of the molecule is C[C@H](NC(=O)OC(C)(C)C)[C@@H]1CCN(c2ccc(Cl)cc2[N+](=O)[O-])C1. The number of benzene rings is 1. The highest BCUT2D eigenvalue weighted by molar-refractivity contribution is 6.30. The number of alkyl carbamates (subject to hydrolysis) is 1. The van der Waals surface area contributed by atoms with Crippen LogP contribution in [0.15, 0.2) is 18.2 Å². The van der Waals surface area contributed by atoms with Crippen LogP contribution in [-0.4, -0.2) is 35.7 Å². The summed E-state index contributed by atoms with van der Waals surface area (Å²) in [4.78, 5) is 24.7. The summed E-state index contributed by atoms with van der Waals surface area (Å²) in [5.41, 5.74) is 0.0115. The Morgan fingerprint density at radius 2 is 2.16 bits per heavy atom. The summed E-state index contributed by atoms with van der Waals surface area (Å²) in [7, 11) is 0. The molecule has 25 heavy (non-hydrogen) atoms. The number of hydrogen-bond donors (Lipinski definition) is 1. The van der Waals surface area contributed by atoms with Crippen LogP contribution in [-0.2, 0) is 4.74 Å². The maximum Gasteiger partial charge on any atom is 0.407 e. The van der Waals surface area contributed by atoms with E-state index in [0.717, 1.165) is 6.42 Å². The Morgan fingerprint density at radius 3 is 2.76 bits per heavy atom. The van der Waals surface area contributed by atoms with Gasteiger partial charge in [-0.25, -0.2) is 4.79 Å². The Morgan fingerprint density at radius 1 is 1.48 bits per heavy atom. The fraction of sp³-hybridized carbons (Fsp3) is 0.588. The summed E-state index contributed by atoms with van der Waals surface area (Å²) < 4.78 is 5.28. The van der Waals surface area contributed by atoms with Gasteiger partial charge in [0.25, 0.3) is 5.69 Å². The summed E-state index contributed by atoms with van der Waals surface area (Å²) >= 11 is 5.87. The van der Waals surface area contributed by atoms with Crippen LogP contribution in [0.25, 0.3) is 0 Å². The molecule has 1 aromatic carbocycles. The van der Waals surface area contributed by atoms with Crippen molar-refractivity contribution < 1.29 is 14.5 Å². The third kappa shape index (κ3) is 5.22. The van der Waals surface area contributed by atoms with E-state index in [-0.39, 0.29) is 17.6 Å². The first-order chi connectivity index (χ1) is 11.6. The first-order valence-electron chi connectivity index (χ1n) is 8.25. The van der Waals surface area contributed by atoms with E-state index in [2.05, 4.69) is 5.32 Å². The molecule has 1 amide bonds. The number of halogens is 1. The lowest BCUT2D eigenvalue weighted by Crippen LogP contribution is -2.42. The second-order valence-electron chi connectivity index (χ2n) is 7.32. The van der Waals surface area contributed by atoms with Gasteiger partial charge in [0.15, 0.2) is 0 Å². The van der Waals surface area contributed by atoms with Gasteiger partial charge >= 0.3 is 6.09 Å². The van der Waals surface area contributed by atoms with Crippen LogP contribution in [0.5, 0.6) is 0 Å². The number of nitro groups is 1. The van der Waals surface area contributed by atoms with Crippen LogP contribution in [0.2, 0.25) is 5.02 Å². The first-order valence-corrected chi connectivity index (χ1v) is 8.63. The van der Waals surface area contributed by atoms with Crippen LogP contribution in [0.4, 0.5) is 16.2 Å². The third-order valence-electron chi connectivity index (χ3n) is 4.15. The molecule has 0 unspecified atom stereocenters. The summed E-state index contributed by atoms with van der Waals surface area (Å²) in [6.45, 7) is 8.68. The Labute approximate surface area is 152 Å². The van der Waals surface area contributed by atoms with Crippen molar-refractivity contribution >= 4 is 29.1 Å². The summed E-state index contributed by atoms with van der Waals surface area (Å²) in [6.07, 6.45) is 0.382. The molecule has 1 heterocycles. The van der Waals surface area contributed by atoms with E-state index in [1.807, 2.05) is 32.6 Å². The minimum absolute atomic E-state index is 0.000838. The van der Waals surface area contributed by atoms with Crippen LogP contribution < -0.4 is 10.2 Å². The van der Waals surface area contributed by atoms with Gasteiger partial charge in [-0.15, -0.1) is 0 Å². The highest BCUT2D eigenvalue weighted by atomic mass is 35.5. The average molecular weight is 370 g/mol. The van der Waals surface area contributed by atoms with Gasteiger partial charge in [0.2, 0.25) is 0 Å². The lowest BCUT2D eigenvalue weighted by molar-refractivity contribution is -0.384. The molecule has 2 rings (SSSR count). The molecule has 7 nitrogen and oxygen atoms in total. The van der Waals surface area contributed by atoms with Gasteiger partial charge in [0.05, 0.1) is 4.92 Å². The maximum atomic E-state index is 11.9. The molecule has 1 saturated heterocycles. The molecule has 0 radical (unpaired) electrons. The third-order valence-corrected chi connectivity index (χ3v) is 4.39. The van der Waals surface area contributed by atoms with Crippen molar-refractivity contribution in [1.29, 1.82) is 0 Å². The summed E-state index contributed by atoms with van der Waals surface area (Å²) in [5.74, 6) is 0.183. The molecule has 1 fully saturated rings. The number of amides is 1. The van der Waals surface area contributed by atoms with Gasteiger partial charge < -0.3 is 15.0 Å². The molecule has 0 spiro atoms. The van der Waals surface area contributed by atoms with Crippen LogP contribution >= 0.6 is 11.6 Å². The normalized spacial score (nSPS) is 18.8. The van der Waals surface area contributed by atoms with Crippen molar-refractivity contribution in [3.05, 3.63) is 33.3 Å². The van der Waals surface area contributed by atoms with Gasteiger partial charge in [0.1, 0.15) is 11.3 Å². The maximum absolute atomic E-state index is 11.9. The molecule has 138 valence electrons. The van der Waals surface area contributed by atoms with Gasteiger partial charge in [-0.1, -0.05) is 11.6 Å². The van der Waals surface area contributed by atoms with Gasteiger partial charge in [0, 0.05) is 30.2 Å². The Hall–Kier alpha value is -2.02. The van der Waals surface area contributed by atoms with Crippen molar-refractivity contribution in [3.8, 4) is 0 Å². The predicted octanol–water partition coefficient (Wildman–Crippen LogP) is 3.99. The van der Waals surface area contributed by atoms with E-state index in [0.29, 0.717) is 23.8 Å². The van der Waals surface area contributed by atoms with E-state index in [9.17, 15) is 14.9 Å². The zero-order valence-corrected chi connectivity index (χ0v) is 15.7. The lowest BCUT2D eigenvalue weighted by Gasteiger charge is -2.25. The van der Waals surface area contributed by atoms with Crippen LogP contribution in [0, 0.1) is 16.0 Å². The van der Waals surface area contributed by atoms with E-state index in [4.69, 9.17) is 16.3 Å². The van der Waals surface area contributed by atoms with E-state index < -0.39 is 16.6 Å². The summed E-state index contributed by atoms with van der Waals surface area (Å²) in [5, 5.41) is 14.5. The molecule has 2 atom stereocenters. The summed E-state index contributed by atoms with van der Waals surface area (Å²) in [6, 6.07) is 4.60. The molecule has 1 N–H and O–H groups in total. The Balaban J connectivity index is 2.02. The molecular weight excluding hydrogens is 346 g/mol. The number of carbonyl (C=O) groups excluding carboxylic acids is 1. The number of hydrogen-bond acceptors (Lipinski definition) is 5. The van der Waals surface area contributed by atoms with E-state index in [1.54, 1.807) is 12.1 Å². The largest absolute Gasteiger partial charge is 0.444 e. The highest BCUT2D eigenvalue weighted by Crippen LogP contribution is 2.34. The van der Waals surface area contributed by atoms with Gasteiger partial charge in [-0.2, -0.15) is 0 Å². The van der Waals surface area contributed by atoms with Crippen molar-refractivity contribution in [3.63, 3.8) is 0 Å². The second kappa shape index (κ2) is 7.47. The molecule has 8 heteroatoms. The van der Waals surface area contributed by atoms with E-state index >= 15 is 0 Å². The smallest absolute Gasteiger partial charge is 0.407 e. The van der Waals surface area contributed by atoms with Crippen molar-refractivity contribution in [2.45, 2.75) is 45.8 Å². The fourth-order valence-electron chi connectivity index (χ4n) is 2.94. The molecule has 0 saturated carbocycles. The van der Waals surface area contributed by atoms with Crippen LogP contribution in [0.1, 0.15) is 34.1 Å². The number of anilines is 1. The Bertz CT molecular complexity index is 660. The number of carbonyl (C=O) groups is 1. The topological polar surface area (TPSA) is 84.7 Å². The minimum Gasteiger partial charge on any atom is -0.444 e. The van der Waals surface area contributed by atoms with Crippen molar-refractivity contribution in [1.82, 2.24) is 5.32 Å². The van der Waals surface area contributed by atoms with Crippen LogP contribution in [0.3, 0.4) is 0 Å². The van der Waals surface area contributed by atoms with Gasteiger partial charge in [-0.3, -0.25) is 10.1 Å². The molecule has 1 aliphatic heterocycles. The minimum atomic E-state index is -0.546. The molecule has 0 aliphatic carbocycles. The lowest BCUT2D eigenvalue weighted by atomic mass is 10.0. The number of nitrogens with zero attached hydrogens (tertiary/aromatic N) is 2. The molecule has 1 aliphatic rings. The second-order valence-corrected chi connectivity index (χ2v) is 7.76. The zero-order valence-electron chi connectivity index (χ0n) is 14.9. The quantitative estimate of drug-likeness (QED) is 0.640. The first kappa shape index (κ1) is 19.3. The average Bonchev–Trinajstić information content (AvgIpc) is 2.94. The fourth-order valence-corrected chi connectivity index (χ4v) is 3.10. The number of nitro benzene ring substituents is 1. The van der Waals surface area contributed by atoms with Gasteiger partial charge in [-0.05, 0) is 52.2 Å². The molecule has 0 bridgehead atoms. The highest BCUT2D eigenvalue weighted by Gasteiger charge is 2.32. The van der Waals surface area contributed by atoms with Crippen molar-refractivity contribution in [2.24, 2.45) is 5.92 Å².